The van der Waals surface area contributed by atoms with Crippen molar-refractivity contribution < 1.29 is 559 Å². The van der Waals surface area contributed by atoms with E-state index in [9.17, 15) is 26.4 Å². The molecule has 1 aromatic carbocycles. The first-order valence-electron chi connectivity index (χ1n) is 19.7. The van der Waals surface area contributed by atoms with Crippen LogP contribution < -0.4 is 5.32 Å². The van der Waals surface area contributed by atoms with Gasteiger partial charge in [-0.3, -0.25) is 18.2 Å². The third-order valence-electron chi connectivity index (χ3n) is 8.38. The Balaban J connectivity index is -0.0000000345. The SMILES string of the molecule is CC.CC.CC.CC.COC1=C(C(=O)CC2=CC=CC=CC2)N(C)S(=O)(=O)C2=C1CC(C)=[C-]2.COC1=C(C(=O)NC2=CC=CC=CC2)N(C)S(=O)(=O)c2ccccc21.[CH3-].[CH3-].[CH3-].[CH3-].[Y].[Y].[Y].[Y].[Y].[Y].[Y].[Y].[Y].[Y].[Y].[Y].[Y].[Y].[Y].[Y]. The fraction of sp³-hybridized carbons (Fsp3) is 0.347. The van der Waals surface area contributed by atoms with Crippen molar-refractivity contribution in [2.45, 2.75) is 92.9 Å². The molecule has 0 saturated carbocycles. The van der Waals surface area contributed by atoms with Gasteiger partial charge in [-0.15, -0.1) is 5.57 Å². The zero-order valence-electron chi connectivity index (χ0n) is 49.6. The maximum Gasteiger partial charge on any atom is 0.276 e. The van der Waals surface area contributed by atoms with Gasteiger partial charge in [0.05, 0.1) is 24.9 Å². The van der Waals surface area contributed by atoms with Crippen molar-refractivity contribution in [2.24, 2.45) is 0 Å². The van der Waals surface area contributed by atoms with Crippen LogP contribution in [0, 0.1) is 35.8 Å². The number of sulfonamides is 2. The Bertz CT molecular complexity index is 2220. The molecule has 0 bridgehead atoms. The molecule has 0 fully saturated rings. The number of ketones is 1. The standard InChI is InChI=1S/C19H20NO4S.C18H18N2O4S.4C2H6.4CH3.16Y/c1-13-10-15-17(11-13)25(22,23)20(2)18(19(15)24-3)16(21)12-14-8-6-4-5-7-9-14;1-20-16(18(21)19-13-9-5-3-4-6-10-13)17(24-2)14-11-7-8-12-15(14)25(20,22)23;4*1-2;;;;;;;;;;;;;;;;;;;;/h4-8H,9-10,12H2,1-3H3;3-9,11-12H,10H2,1-2H3,(H,19,21);4*1-2H3;4*1H3;;;;;;;;;;;;;;;;/q-1;;;;;;4*-1;;;;;;;;;;;;;;;;. The van der Waals surface area contributed by atoms with Gasteiger partial charge in [0.15, 0.2) is 17.2 Å². The molecule has 5 aliphatic rings. The Kier molecular flexibility index (Phi) is 157. The average molecular weight is 2320 g/mol. The number of allylic oxidation sites excluding steroid dienone is 15. The molecule has 1 amide bonds. The van der Waals surface area contributed by atoms with E-state index in [1.54, 1.807) is 30.4 Å². The van der Waals surface area contributed by atoms with Crippen molar-refractivity contribution in [2.75, 3.05) is 28.3 Å². The number of carbonyl (C=O) groups excluding carboxylic acids is 2. The number of rotatable bonds is 7. The number of methoxy groups -OCH3 is 2. The second kappa shape index (κ2) is 83.7. The Hall–Kier alpha value is 12.5. The van der Waals surface area contributed by atoms with Gasteiger partial charge < -0.3 is 44.5 Å². The fourth-order valence-corrected chi connectivity index (χ4v) is 8.78. The van der Waals surface area contributed by atoms with Crippen molar-refractivity contribution in [3.05, 3.63) is 171 Å². The zero-order chi connectivity index (χ0) is 44.2. The smallest absolute Gasteiger partial charge is 0.276 e. The van der Waals surface area contributed by atoms with Crippen LogP contribution in [0.2, 0.25) is 0 Å². The summed E-state index contributed by atoms with van der Waals surface area (Å²) in [6, 6.07) is 6.47. The normalized spacial score (nSPS) is 13.2. The van der Waals surface area contributed by atoms with Crippen LogP contribution in [0.25, 0.3) is 5.76 Å². The minimum Gasteiger partial charge on any atom is -0.513 e. The molecule has 11 nitrogen and oxygen atoms in total. The fourth-order valence-electron chi connectivity index (χ4n) is 5.92. The van der Waals surface area contributed by atoms with Crippen molar-refractivity contribution >= 4 is 37.5 Å². The summed E-state index contributed by atoms with van der Waals surface area (Å²) in [6.07, 6.45) is 23.4. The van der Waals surface area contributed by atoms with Crippen LogP contribution >= 0.6 is 0 Å². The molecule has 2 aliphatic heterocycles. The number of amides is 1. The summed E-state index contributed by atoms with van der Waals surface area (Å²) >= 11 is 0. The Labute approximate surface area is 880 Å². The summed E-state index contributed by atoms with van der Waals surface area (Å²) in [5.74, 6) is -0.242. The maximum atomic E-state index is 12.9. The molecule has 78 heavy (non-hydrogen) atoms. The summed E-state index contributed by atoms with van der Waals surface area (Å²) in [7, 11) is -1.98. The number of Topliss-reactive ketones (excluding diaryl/α,β-unsaturated/α-hetero) is 1. The molecule has 0 saturated heterocycles. The van der Waals surface area contributed by atoms with Gasteiger partial charge >= 0.3 is 0 Å². The van der Waals surface area contributed by atoms with Gasteiger partial charge in [-0.2, -0.15) is 5.57 Å². The van der Waals surface area contributed by atoms with E-state index in [1.807, 2.05) is 111 Å². The van der Waals surface area contributed by atoms with Crippen molar-refractivity contribution in [1.82, 2.24) is 13.9 Å². The maximum absolute atomic E-state index is 12.9. The first-order valence-corrected chi connectivity index (χ1v) is 22.6. The van der Waals surface area contributed by atoms with Crippen molar-refractivity contribution in [1.29, 1.82) is 0 Å². The monoisotopic (exact) mass is 2320 g/mol. The molecular weight excluding hydrogens is 2250 g/mol. The predicted octanol–water partition coefficient (Wildman–Crippen LogP) is 10.9. The molecule has 16 radical (unpaired) electrons. The summed E-state index contributed by atoms with van der Waals surface area (Å²) in [5.41, 5.74) is 3.36. The predicted molar refractivity (Wildman–Crippen MR) is 261 cm³/mol. The Morgan fingerprint density at radius 1 is 0.564 bits per heavy atom. The van der Waals surface area contributed by atoms with Gasteiger partial charge in [0, 0.05) is 562 Å². The number of carbonyl (C=O) groups is 2. The van der Waals surface area contributed by atoms with E-state index in [1.165, 1.54) is 34.4 Å². The minimum absolute atomic E-state index is 0. The van der Waals surface area contributed by atoms with Crippen LogP contribution in [-0.2, 0) is 562 Å². The second-order valence-corrected chi connectivity index (χ2v) is 15.5. The van der Waals surface area contributed by atoms with E-state index in [-0.39, 0.29) is 592 Å². The largest absolute Gasteiger partial charge is 0.513 e. The van der Waals surface area contributed by atoms with Gasteiger partial charge in [0.2, 0.25) is 10.0 Å². The molecule has 1 aromatic rings. The van der Waals surface area contributed by atoms with Gasteiger partial charge in [0.25, 0.3) is 15.9 Å². The average Bonchev–Trinajstić information content (AvgIpc) is 3.39. The number of hydrogen-bond donors (Lipinski definition) is 1. The first kappa shape index (κ1) is 146. The third-order valence-corrected chi connectivity index (χ3v) is 12.0. The number of benzene rings is 1. The topological polar surface area (TPSA) is 139 Å². The molecule has 29 heteroatoms. The number of nitrogens with one attached hydrogen (secondary N) is 1. The van der Waals surface area contributed by atoms with Gasteiger partial charge in [0.1, 0.15) is 5.70 Å². The Morgan fingerprint density at radius 3 is 1.42 bits per heavy atom. The number of fused-ring (bicyclic) bond motifs is 1. The van der Waals surface area contributed by atoms with Crippen molar-refractivity contribution in [3.63, 3.8) is 0 Å². The van der Waals surface area contributed by atoms with Crippen LogP contribution in [0.5, 0.6) is 0 Å². The minimum atomic E-state index is -3.82. The van der Waals surface area contributed by atoms with Crippen LogP contribution in [0.1, 0.15) is 93.6 Å². The van der Waals surface area contributed by atoms with Crippen LogP contribution in [0.15, 0.2) is 134 Å². The Morgan fingerprint density at radius 2 is 0.974 bits per heavy atom. The van der Waals surface area contributed by atoms with Gasteiger partial charge in [-0.05, 0) is 24.6 Å². The van der Waals surface area contributed by atoms with Gasteiger partial charge in [-0.1, -0.05) is 146 Å². The first-order chi connectivity index (χ1) is 27.8. The quantitative estimate of drug-likeness (QED) is 0.266. The molecule has 0 aromatic heterocycles. The third kappa shape index (κ3) is 45.9. The zero-order valence-corrected chi connectivity index (χ0v) is 96.7. The van der Waals surface area contributed by atoms with Gasteiger partial charge in [-0.25, -0.2) is 22.9 Å². The molecule has 0 atom stereocenters. The molecule has 2 heterocycles. The van der Waals surface area contributed by atoms with Crippen LogP contribution in [-0.4, -0.2) is 65.5 Å². The molecule has 6 rings (SSSR count). The van der Waals surface area contributed by atoms with E-state index in [0.29, 0.717) is 41.9 Å². The van der Waals surface area contributed by atoms with E-state index in [4.69, 9.17) is 9.47 Å². The molecule has 398 valence electrons. The summed E-state index contributed by atoms with van der Waals surface area (Å²) in [4.78, 5) is 26.0. The van der Waals surface area contributed by atoms with E-state index in [0.717, 1.165) is 19.8 Å². The second-order valence-electron chi connectivity index (χ2n) is 11.7. The summed E-state index contributed by atoms with van der Waals surface area (Å²) in [6.45, 7) is 17.8. The van der Waals surface area contributed by atoms with Crippen LogP contribution in [0.3, 0.4) is 0 Å². The van der Waals surface area contributed by atoms with E-state index < -0.39 is 26.0 Å². The number of likely N-dealkylation sites (N-methyl/N-ethyl adjacent to an activating group) is 2. The number of nitrogens with zero attached hydrogens (tertiary/aromatic N) is 2. The van der Waals surface area contributed by atoms with E-state index >= 15 is 0 Å². The summed E-state index contributed by atoms with van der Waals surface area (Å²) in [5, 5.41) is 2.77. The molecule has 3 aliphatic carbocycles. The molecule has 0 unspecified atom stereocenters. The van der Waals surface area contributed by atoms with Crippen LogP contribution in [0.4, 0.5) is 0 Å². The number of hydrogen-bond acceptors (Lipinski definition) is 8. The molecule has 1 N–H and O–H groups in total. The van der Waals surface area contributed by atoms with E-state index in [2.05, 4.69) is 11.4 Å². The van der Waals surface area contributed by atoms with Crippen molar-refractivity contribution in [3.8, 4) is 0 Å². The molecule has 0 spiro atoms. The summed E-state index contributed by atoms with van der Waals surface area (Å²) < 4.78 is 63.9. The number of ether oxygens (including phenoxy) is 2. The molecular formula is C49H74N3O8S2Y16-5.